The molecule has 4 heteroatoms. The van der Waals surface area contributed by atoms with Crippen LogP contribution in [0.3, 0.4) is 0 Å². The van der Waals surface area contributed by atoms with Crippen molar-refractivity contribution in [3.63, 3.8) is 0 Å². The lowest BCUT2D eigenvalue weighted by Gasteiger charge is -2.32. The van der Waals surface area contributed by atoms with E-state index in [4.69, 9.17) is 0 Å². The zero-order valence-corrected chi connectivity index (χ0v) is 19.9. The number of hydrogen-bond acceptors (Lipinski definition) is 4. The Labute approximate surface area is 192 Å². The Morgan fingerprint density at radius 3 is 1.78 bits per heavy atom. The molecule has 0 saturated heterocycles. The number of phenols is 2. The first-order valence-corrected chi connectivity index (χ1v) is 11.8. The Morgan fingerprint density at radius 1 is 0.844 bits per heavy atom. The van der Waals surface area contributed by atoms with Gasteiger partial charge in [0.2, 0.25) is 0 Å². The van der Waals surface area contributed by atoms with Gasteiger partial charge in [-0.15, -0.1) is 0 Å². The van der Waals surface area contributed by atoms with E-state index in [-0.39, 0.29) is 30.6 Å². The third-order valence-corrected chi connectivity index (χ3v) is 7.07. The van der Waals surface area contributed by atoms with Crippen LogP contribution >= 0.6 is 0 Å². The van der Waals surface area contributed by atoms with E-state index in [1.54, 1.807) is 0 Å². The lowest BCUT2D eigenvalue weighted by molar-refractivity contribution is 0.299. The minimum absolute atomic E-state index is 0.0500. The van der Waals surface area contributed by atoms with Crippen LogP contribution in [-0.2, 0) is 12.8 Å². The molecule has 2 aromatic rings. The fraction of sp³-hybridized carbons (Fsp3) is 0.500. The molecule has 3 rings (SSSR count). The second-order valence-electron chi connectivity index (χ2n) is 9.61. The number of aliphatic hydroxyl groups excluding tert-OH is 2. The van der Waals surface area contributed by atoms with Crippen molar-refractivity contribution < 1.29 is 20.4 Å². The molecule has 1 aliphatic rings. The number of rotatable bonds is 8. The molecular weight excluding hydrogens is 400 g/mol. The molecule has 0 spiro atoms. The fourth-order valence-electron chi connectivity index (χ4n) is 5.25. The quantitative estimate of drug-likeness (QED) is 0.422. The van der Waals surface area contributed by atoms with Gasteiger partial charge in [0.15, 0.2) is 0 Å². The summed E-state index contributed by atoms with van der Waals surface area (Å²) in [5.74, 6) is 1.21. The van der Waals surface area contributed by atoms with Crippen LogP contribution in [0.25, 0.3) is 0 Å². The molecule has 2 atom stereocenters. The number of aliphatic hydroxyl groups is 2. The van der Waals surface area contributed by atoms with Gasteiger partial charge in [0.1, 0.15) is 11.5 Å². The van der Waals surface area contributed by atoms with E-state index >= 15 is 0 Å². The molecule has 0 aromatic heterocycles. The van der Waals surface area contributed by atoms with Crippen LogP contribution in [0, 0.1) is 25.7 Å². The highest BCUT2D eigenvalue weighted by molar-refractivity contribution is 5.53. The first-order chi connectivity index (χ1) is 15.2. The van der Waals surface area contributed by atoms with Crippen LogP contribution in [0.2, 0.25) is 0 Å². The predicted molar refractivity (Wildman–Crippen MR) is 129 cm³/mol. The molecule has 0 fully saturated rings. The normalized spacial score (nSPS) is 18.8. The van der Waals surface area contributed by atoms with Crippen molar-refractivity contribution in [2.24, 2.45) is 11.8 Å². The van der Waals surface area contributed by atoms with Gasteiger partial charge in [-0.05, 0) is 87.0 Å². The van der Waals surface area contributed by atoms with Gasteiger partial charge in [0, 0.05) is 30.3 Å². The Balaban J connectivity index is 2.16. The highest BCUT2D eigenvalue weighted by atomic mass is 16.3. The van der Waals surface area contributed by atoms with Gasteiger partial charge in [0.05, 0.1) is 0 Å². The molecule has 0 bridgehead atoms. The van der Waals surface area contributed by atoms with Crippen molar-refractivity contribution >= 4 is 0 Å². The van der Waals surface area contributed by atoms with E-state index in [0.29, 0.717) is 24.7 Å². The second-order valence-corrected chi connectivity index (χ2v) is 9.61. The Hall–Kier alpha value is -2.30. The van der Waals surface area contributed by atoms with Crippen LogP contribution in [-0.4, -0.2) is 33.6 Å². The van der Waals surface area contributed by atoms with Crippen molar-refractivity contribution in [3.8, 4) is 11.5 Å². The molecule has 2 aromatic carbocycles. The van der Waals surface area contributed by atoms with Crippen LogP contribution in [0.4, 0.5) is 0 Å². The zero-order chi connectivity index (χ0) is 23.4. The molecule has 0 radical (unpaired) electrons. The molecular formula is C28H38O4. The summed E-state index contributed by atoms with van der Waals surface area (Å²) in [5, 5.41) is 41.2. The van der Waals surface area contributed by atoms with Gasteiger partial charge in [0.25, 0.3) is 0 Å². The van der Waals surface area contributed by atoms with Crippen molar-refractivity contribution in [3.05, 3.63) is 69.3 Å². The summed E-state index contributed by atoms with van der Waals surface area (Å²) in [5.41, 5.74) is 6.58. The second kappa shape index (κ2) is 10.5. The highest BCUT2D eigenvalue weighted by Crippen LogP contribution is 2.45. The molecule has 0 aliphatic heterocycles. The highest BCUT2D eigenvalue weighted by Gasteiger charge is 2.30. The third-order valence-electron chi connectivity index (χ3n) is 7.07. The molecule has 32 heavy (non-hydrogen) atoms. The van der Waals surface area contributed by atoms with Crippen molar-refractivity contribution in [2.45, 2.75) is 65.7 Å². The molecule has 4 N–H and O–H groups in total. The summed E-state index contributed by atoms with van der Waals surface area (Å²) in [6.45, 7) is 8.32. The maximum atomic E-state index is 11.1. The van der Waals surface area contributed by atoms with E-state index in [9.17, 15) is 20.4 Å². The molecule has 4 nitrogen and oxygen atoms in total. The third kappa shape index (κ3) is 5.36. The largest absolute Gasteiger partial charge is 0.507 e. The zero-order valence-electron chi connectivity index (χ0n) is 19.9. The summed E-state index contributed by atoms with van der Waals surface area (Å²) in [6, 6.07) is 7.83. The van der Waals surface area contributed by atoms with Gasteiger partial charge < -0.3 is 20.4 Å². The number of allylic oxidation sites excluding steroid dienone is 2. The van der Waals surface area contributed by atoms with Gasteiger partial charge in [-0.2, -0.15) is 0 Å². The minimum Gasteiger partial charge on any atom is -0.507 e. The van der Waals surface area contributed by atoms with E-state index < -0.39 is 0 Å². The van der Waals surface area contributed by atoms with Crippen LogP contribution < -0.4 is 0 Å². The Morgan fingerprint density at radius 2 is 1.34 bits per heavy atom. The number of aromatic hydroxyl groups is 2. The maximum absolute atomic E-state index is 11.1. The fourth-order valence-corrected chi connectivity index (χ4v) is 5.25. The topological polar surface area (TPSA) is 80.9 Å². The summed E-state index contributed by atoms with van der Waals surface area (Å²) in [7, 11) is 0. The molecule has 0 heterocycles. The summed E-state index contributed by atoms with van der Waals surface area (Å²) in [4.78, 5) is 0. The van der Waals surface area contributed by atoms with Gasteiger partial charge in [-0.3, -0.25) is 0 Å². The summed E-state index contributed by atoms with van der Waals surface area (Å²) < 4.78 is 0. The number of aryl methyl sites for hydroxylation is 2. The monoisotopic (exact) mass is 438 g/mol. The SMILES string of the molecule is CC1=CC(C)C(CC(c2cc(CCO)cc(C)c2O)c2cc(CCO)cc(C)c2O)CC1. The van der Waals surface area contributed by atoms with E-state index in [0.717, 1.165) is 52.6 Å². The smallest absolute Gasteiger partial charge is 0.122 e. The van der Waals surface area contributed by atoms with Crippen molar-refractivity contribution in [1.82, 2.24) is 0 Å². The van der Waals surface area contributed by atoms with Crippen molar-refractivity contribution in [2.75, 3.05) is 13.2 Å². The van der Waals surface area contributed by atoms with E-state index in [1.807, 2.05) is 38.1 Å². The summed E-state index contributed by atoms with van der Waals surface area (Å²) >= 11 is 0. The maximum Gasteiger partial charge on any atom is 0.122 e. The van der Waals surface area contributed by atoms with Crippen LogP contribution in [0.15, 0.2) is 35.9 Å². The van der Waals surface area contributed by atoms with Crippen LogP contribution in [0.5, 0.6) is 11.5 Å². The van der Waals surface area contributed by atoms with Crippen molar-refractivity contribution in [1.29, 1.82) is 0 Å². The lowest BCUT2D eigenvalue weighted by Crippen LogP contribution is -2.19. The average molecular weight is 439 g/mol. The van der Waals surface area contributed by atoms with Gasteiger partial charge in [-0.1, -0.05) is 42.8 Å². The Kier molecular flexibility index (Phi) is 8.02. The average Bonchev–Trinajstić information content (AvgIpc) is 2.73. The predicted octanol–water partition coefficient (Wildman–Crippen LogP) is 5.30. The molecule has 1 aliphatic carbocycles. The lowest BCUT2D eigenvalue weighted by atomic mass is 9.73. The number of phenolic OH excluding ortho intramolecular Hbond substituents is 2. The number of hydrogen-bond donors (Lipinski definition) is 4. The van der Waals surface area contributed by atoms with E-state index in [2.05, 4.69) is 19.9 Å². The standard InChI is InChI=1S/C28H38O4/c1-17-5-6-23(18(2)11-17)16-24(25-14-21(7-9-29)12-19(3)27(25)31)26-15-22(8-10-30)13-20(4)28(26)32/h11-15,18,23-24,29-32H,5-10,16H2,1-4H3. The molecule has 0 saturated carbocycles. The number of benzene rings is 2. The first-order valence-electron chi connectivity index (χ1n) is 11.8. The van der Waals surface area contributed by atoms with Crippen LogP contribution in [0.1, 0.15) is 72.4 Å². The Bertz CT molecular complexity index is 914. The molecule has 2 unspecified atom stereocenters. The first kappa shape index (κ1) is 24.3. The molecule has 0 amide bonds. The summed E-state index contributed by atoms with van der Waals surface area (Å²) in [6.07, 6.45) is 6.39. The van der Waals surface area contributed by atoms with E-state index in [1.165, 1.54) is 5.57 Å². The van der Waals surface area contributed by atoms with Gasteiger partial charge >= 0.3 is 0 Å². The minimum atomic E-state index is -0.177. The van der Waals surface area contributed by atoms with Gasteiger partial charge in [-0.25, -0.2) is 0 Å². The molecule has 174 valence electrons.